The monoisotopic (exact) mass is 737 g/mol. The molecule has 0 spiro atoms. The van der Waals surface area contributed by atoms with Crippen molar-refractivity contribution in [1.29, 1.82) is 0 Å². The predicted octanol–water partition coefficient (Wildman–Crippen LogP) is -2.68. The van der Waals surface area contributed by atoms with Crippen LogP contribution in [0.3, 0.4) is 0 Å². The molecule has 0 saturated carbocycles. The van der Waals surface area contributed by atoms with E-state index in [4.69, 9.17) is 18.9 Å². The van der Waals surface area contributed by atoms with Gasteiger partial charge in [-0.1, -0.05) is 6.92 Å². The third-order valence-corrected chi connectivity index (χ3v) is 9.34. The normalized spacial score (nSPS) is 31.1. The summed E-state index contributed by atoms with van der Waals surface area (Å²) in [6, 6.07) is -1.71. The Labute approximate surface area is 298 Å². The zero-order valence-electron chi connectivity index (χ0n) is 30.1. The number of ether oxygens (including phenoxy) is 4. The number of hydrogen-bond donors (Lipinski definition) is 10. The Hall–Kier alpha value is -2.20. The summed E-state index contributed by atoms with van der Waals surface area (Å²) in [5.41, 5.74) is -1.15. The van der Waals surface area contributed by atoms with Crippen LogP contribution >= 0.6 is 0 Å². The number of amides is 1. The summed E-state index contributed by atoms with van der Waals surface area (Å²) in [6.07, 6.45) is -10.0. The molecule has 18 heteroatoms. The molecule has 0 bridgehead atoms. The molecule has 0 radical (unpaired) electrons. The number of carbonyl (C=O) groups is 4. The SMILES string of the molecule is CNC(CCC(=O)C(C)(C)NC(CCC(C)=O)C(=O)NCCCCCO[C@@H]1OC(CO)[C@@H](O[C@@H]2OC(CO)[C@H](O)[C@H](O)C2O)[C@H](O)C1C)C(=O)O. The zero-order chi connectivity index (χ0) is 38.5. The van der Waals surface area contributed by atoms with E-state index < -0.39 is 98.0 Å². The number of hydrogen-bond acceptors (Lipinski definition) is 16. The molecule has 0 aromatic heterocycles. The second kappa shape index (κ2) is 21.5. The summed E-state index contributed by atoms with van der Waals surface area (Å²) in [7, 11) is 1.50. The van der Waals surface area contributed by atoms with Gasteiger partial charge in [0.05, 0.1) is 30.9 Å². The quantitative estimate of drug-likeness (QED) is 0.0478. The third-order valence-electron chi connectivity index (χ3n) is 9.34. The van der Waals surface area contributed by atoms with E-state index in [0.717, 1.165) is 0 Å². The van der Waals surface area contributed by atoms with Gasteiger partial charge in [-0.05, 0) is 59.9 Å². The molecule has 0 aromatic carbocycles. The van der Waals surface area contributed by atoms with Crippen molar-refractivity contribution in [2.45, 2.75) is 146 Å². The number of nitrogens with one attached hydrogen (secondary N) is 3. The minimum Gasteiger partial charge on any atom is -0.480 e. The van der Waals surface area contributed by atoms with E-state index in [1.165, 1.54) is 14.0 Å². The fourth-order valence-corrected chi connectivity index (χ4v) is 5.94. The molecule has 51 heavy (non-hydrogen) atoms. The van der Waals surface area contributed by atoms with Crippen molar-refractivity contribution in [3.8, 4) is 0 Å². The number of carbonyl (C=O) groups excluding carboxylic acids is 3. The van der Waals surface area contributed by atoms with Gasteiger partial charge in [0.2, 0.25) is 5.91 Å². The van der Waals surface area contributed by atoms with Crippen LogP contribution in [0.4, 0.5) is 0 Å². The molecule has 0 aromatic rings. The van der Waals surface area contributed by atoms with Crippen molar-refractivity contribution in [2.75, 3.05) is 33.4 Å². The van der Waals surface area contributed by atoms with Crippen LogP contribution in [0.5, 0.6) is 0 Å². The molecule has 6 unspecified atom stereocenters. The smallest absolute Gasteiger partial charge is 0.320 e. The fraction of sp³-hybridized carbons (Fsp3) is 0.879. The van der Waals surface area contributed by atoms with E-state index in [1.54, 1.807) is 20.8 Å². The predicted molar refractivity (Wildman–Crippen MR) is 178 cm³/mol. The molecule has 0 aliphatic carbocycles. The van der Waals surface area contributed by atoms with Crippen LogP contribution in [0.25, 0.3) is 0 Å². The van der Waals surface area contributed by atoms with E-state index in [0.29, 0.717) is 25.8 Å². The number of Topliss-reactive ketones (excluding diaryl/α,β-unsaturated/α-hetero) is 2. The summed E-state index contributed by atoms with van der Waals surface area (Å²) >= 11 is 0. The second-order valence-electron chi connectivity index (χ2n) is 13.8. The highest BCUT2D eigenvalue weighted by Gasteiger charge is 2.50. The first kappa shape index (κ1) is 45.0. The van der Waals surface area contributed by atoms with E-state index in [9.17, 15) is 54.9 Å². The molecule has 2 heterocycles. The first-order valence-corrected chi connectivity index (χ1v) is 17.5. The van der Waals surface area contributed by atoms with Crippen LogP contribution in [0.2, 0.25) is 0 Å². The molecular formula is C33H59N3O15. The number of aliphatic hydroxyl groups is 6. The average molecular weight is 738 g/mol. The number of rotatable bonds is 23. The maximum atomic E-state index is 13.1. The summed E-state index contributed by atoms with van der Waals surface area (Å²) in [5.74, 6) is -2.47. The van der Waals surface area contributed by atoms with Crippen molar-refractivity contribution in [2.24, 2.45) is 5.92 Å². The molecule has 12 atom stereocenters. The number of aliphatic carboxylic acids is 1. The maximum absolute atomic E-state index is 13.1. The van der Waals surface area contributed by atoms with Gasteiger partial charge >= 0.3 is 5.97 Å². The lowest BCUT2D eigenvalue weighted by molar-refractivity contribution is -0.353. The van der Waals surface area contributed by atoms with Crippen LogP contribution < -0.4 is 16.0 Å². The Kier molecular flexibility index (Phi) is 18.9. The van der Waals surface area contributed by atoms with E-state index in [2.05, 4.69) is 16.0 Å². The Morgan fingerprint density at radius 2 is 1.45 bits per heavy atom. The summed E-state index contributed by atoms with van der Waals surface area (Å²) in [4.78, 5) is 49.0. The second-order valence-corrected chi connectivity index (χ2v) is 13.8. The number of aliphatic hydroxyl groups excluding tert-OH is 6. The van der Waals surface area contributed by atoms with E-state index in [1.807, 2.05) is 0 Å². The molecule has 10 N–H and O–H groups in total. The minimum atomic E-state index is -1.70. The van der Waals surface area contributed by atoms with Crippen molar-refractivity contribution in [3.63, 3.8) is 0 Å². The maximum Gasteiger partial charge on any atom is 0.320 e. The van der Waals surface area contributed by atoms with Crippen LogP contribution in [-0.2, 0) is 38.1 Å². The Balaban J connectivity index is 1.82. The lowest BCUT2D eigenvalue weighted by atomic mass is 9.92. The number of carboxylic acid groups (broad SMARTS) is 1. The number of unbranched alkanes of at least 4 members (excludes halogenated alkanes) is 2. The van der Waals surface area contributed by atoms with Gasteiger partial charge in [0.15, 0.2) is 18.4 Å². The summed E-state index contributed by atoms with van der Waals surface area (Å²) < 4.78 is 22.7. The summed E-state index contributed by atoms with van der Waals surface area (Å²) in [6.45, 7) is 5.58. The van der Waals surface area contributed by atoms with Gasteiger partial charge < -0.3 is 70.1 Å². The standard InChI is InChI=1S/C33H59N3O15/c1-17(39)9-10-19(36-33(3,4)23(40)12-11-20(34-5)30(46)47)29(45)35-13-7-6-8-14-48-31-18(2)24(41)28(22(16-38)50-31)51-32-27(44)26(43)25(42)21(15-37)49-32/h18-22,24-28,31-32,34,36-38,41-44H,6-16H2,1-5H3,(H,35,45)(H,46,47)/t18?,19?,20?,21?,22?,24-,25+,26+,27?,28-,31-,32+/m1/s1. The molecule has 2 saturated heterocycles. The molecule has 2 aliphatic rings. The lowest BCUT2D eigenvalue weighted by Crippen LogP contribution is -2.63. The van der Waals surface area contributed by atoms with Crippen LogP contribution in [0, 0.1) is 5.92 Å². The largest absolute Gasteiger partial charge is 0.480 e. The van der Waals surface area contributed by atoms with Gasteiger partial charge in [0, 0.05) is 31.9 Å². The van der Waals surface area contributed by atoms with Crippen molar-refractivity contribution in [1.82, 2.24) is 16.0 Å². The van der Waals surface area contributed by atoms with Crippen LogP contribution in [0.1, 0.15) is 72.6 Å². The first-order chi connectivity index (χ1) is 24.0. The summed E-state index contributed by atoms with van der Waals surface area (Å²) in [5, 5.41) is 78.5. The van der Waals surface area contributed by atoms with Crippen molar-refractivity contribution < 1.29 is 73.9 Å². The number of likely N-dealkylation sites (N-methyl/N-ethyl adjacent to an activating group) is 1. The van der Waals surface area contributed by atoms with Crippen LogP contribution in [0.15, 0.2) is 0 Å². The molecule has 2 rings (SSSR count). The topological polar surface area (TPSA) is 283 Å². The van der Waals surface area contributed by atoms with Gasteiger partial charge in [-0.15, -0.1) is 0 Å². The van der Waals surface area contributed by atoms with Gasteiger partial charge in [-0.25, -0.2) is 0 Å². The van der Waals surface area contributed by atoms with Gasteiger partial charge in [-0.3, -0.25) is 19.7 Å². The van der Waals surface area contributed by atoms with E-state index >= 15 is 0 Å². The Morgan fingerprint density at radius 1 is 0.824 bits per heavy atom. The van der Waals surface area contributed by atoms with Crippen molar-refractivity contribution >= 4 is 23.4 Å². The van der Waals surface area contributed by atoms with Gasteiger partial charge in [-0.2, -0.15) is 0 Å². The molecule has 2 aliphatic heterocycles. The third kappa shape index (κ3) is 13.3. The zero-order valence-corrected chi connectivity index (χ0v) is 30.1. The van der Waals surface area contributed by atoms with E-state index in [-0.39, 0.29) is 49.8 Å². The number of ketones is 2. The Morgan fingerprint density at radius 3 is 2.04 bits per heavy atom. The molecular weight excluding hydrogens is 678 g/mol. The highest BCUT2D eigenvalue weighted by Crippen LogP contribution is 2.32. The molecule has 296 valence electrons. The minimum absolute atomic E-state index is 0.0261. The molecule has 1 amide bonds. The molecule has 18 nitrogen and oxygen atoms in total. The highest BCUT2D eigenvalue weighted by molar-refractivity contribution is 5.90. The average Bonchev–Trinajstić information content (AvgIpc) is 3.08. The highest BCUT2D eigenvalue weighted by atomic mass is 16.7. The Bertz CT molecular complexity index is 1110. The molecule has 2 fully saturated rings. The number of carboxylic acids is 1. The van der Waals surface area contributed by atoms with Gasteiger partial charge in [0.25, 0.3) is 0 Å². The van der Waals surface area contributed by atoms with Crippen molar-refractivity contribution in [3.05, 3.63) is 0 Å². The van der Waals surface area contributed by atoms with Crippen LogP contribution in [-0.4, -0.2) is 166 Å². The first-order valence-electron chi connectivity index (χ1n) is 17.5. The lowest BCUT2D eigenvalue weighted by Gasteiger charge is -2.46. The van der Waals surface area contributed by atoms with Gasteiger partial charge in [0.1, 0.15) is 48.4 Å². The fourth-order valence-electron chi connectivity index (χ4n) is 5.94.